The number of nitrogens with one attached hydrogen (secondary N) is 1. The maximum Gasteiger partial charge on any atom is 0.251 e. The lowest BCUT2D eigenvalue weighted by atomic mass is 9.89. The van der Waals surface area contributed by atoms with Crippen molar-refractivity contribution in [2.24, 2.45) is 0 Å². The molecule has 0 aromatic heterocycles. The number of carbonyl (C=O) groups is 1. The normalized spacial score (nSPS) is 18.7. The Labute approximate surface area is 128 Å². The SMILES string of the molecule is CN(C)Cc1cccc(C(=O)NC2(C)CCN(C)CC2)c1. The molecular formula is C17H27N3O. The minimum absolute atomic E-state index is 0.0441. The minimum Gasteiger partial charge on any atom is -0.347 e. The van der Waals surface area contributed by atoms with Gasteiger partial charge in [-0.3, -0.25) is 4.79 Å². The highest BCUT2D eigenvalue weighted by atomic mass is 16.1. The van der Waals surface area contributed by atoms with E-state index in [1.54, 1.807) is 0 Å². The maximum atomic E-state index is 12.5. The van der Waals surface area contributed by atoms with Gasteiger partial charge in [0.25, 0.3) is 5.91 Å². The molecule has 0 radical (unpaired) electrons. The summed E-state index contributed by atoms with van der Waals surface area (Å²) in [5.41, 5.74) is 1.84. The zero-order chi connectivity index (χ0) is 15.5. The molecule has 4 nitrogen and oxygen atoms in total. The molecule has 1 N–H and O–H groups in total. The van der Waals surface area contributed by atoms with Crippen LogP contribution in [-0.4, -0.2) is 55.5 Å². The van der Waals surface area contributed by atoms with Crippen molar-refractivity contribution < 1.29 is 4.79 Å². The summed E-state index contributed by atoms with van der Waals surface area (Å²) >= 11 is 0. The van der Waals surface area contributed by atoms with Crippen LogP contribution >= 0.6 is 0 Å². The van der Waals surface area contributed by atoms with Crippen LogP contribution in [0.25, 0.3) is 0 Å². The fourth-order valence-electron chi connectivity index (χ4n) is 2.76. The van der Waals surface area contributed by atoms with E-state index in [-0.39, 0.29) is 11.4 Å². The first kappa shape index (κ1) is 16.0. The summed E-state index contributed by atoms with van der Waals surface area (Å²) in [6.45, 7) is 5.08. The third-order valence-corrected chi connectivity index (χ3v) is 4.19. The van der Waals surface area contributed by atoms with E-state index >= 15 is 0 Å². The molecule has 116 valence electrons. The van der Waals surface area contributed by atoms with Crippen LogP contribution in [-0.2, 0) is 6.54 Å². The Morgan fingerprint density at radius 1 is 1.33 bits per heavy atom. The van der Waals surface area contributed by atoms with E-state index in [1.807, 2.05) is 32.3 Å². The van der Waals surface area contributed by atoms with E-state index in [2.05, 4.69) is 35.2 Å². The summed E-state index contributed by atoms with van der Waals surface area (Å²) in [4.78, 5) is 16.9. The first-order valence-corrected chi connectivity index (χ1v) is 7.63. The van der Waals surface area contributed by atoms with Gasteiger partial charge in [0.2, 0.25) is 0 Å². The van der Waals surface area contributed by atoms with Crippen LogP contribution in [0.3, 0.4) is 0 Å². The predicted octanol–water partition coefficient (Wildman–Crippen LogP) is 1.96. The molecule has 2 rings (SSSR count). The lowest BCUT2D eigenvalue weighted by Crippen LogP contribution is -2.52. The van der Waals surface area contributed by atoms with Crippen LogP contribution in [0.4, 0.5) is 0 Å². The molecule has 1 saturated heterocycles. The highest BCUT2D eigenvalue weighted by molar-refractivity contribution is 5.94. The molecule has 4 heteroatoms. The van der Waals surface area contributed by atoms with Crippen molar-refractivity contribution in [2.75, 3.05) is 34.2 Å². The lowest BCUT2D eigenvalue weighted by molar-refractivity contribution is 0.0852. The number of rotatable bonds is 4. The summed E-state index contributed by atoms with van der Waals surface area (Å²) in [5, 5.41) is 3.23. The van der Waals surface area contributed by atoms with Gasteiger partial charge in [0.15, 0.2) is 0 Å². The zero-order valence-electron chi connectivity index (χ0n) is 13.6. The Morgan fingerprint density at radius 3 is 2.62 bits per heavy atom. The van der Waals surface area contributed by atoms with E-state index in [1.165, 1.54) is 5.56 Å². The van der Waals surface area contributed by atoms with Gasteiger partial charge in [-0.15, -0.1) is 0 Å². The number of carbonyl (C=O) groups excluding carboxylic acids is 1. The van der Waals surface area contributed by atoms with E-state index in [4.69, 9.17) is 0 Å². The second-order valence-corrected chi connectivity index (χ2v) is 6.76. The van der Waals surface area contributed by atoms with Crippen LogP contribution < -0.4 is 5.32 Å². The van der Waals surface area contributed by atoms with Crippen molar-refractivity contribution in [2.45, 2.75) is 31.8 Å². The first-order chi connectivity index (χ1) is 9.88. The lowest BCUT2D eigenvalue weighted by Gasteiger charge is -2.38. The second-order valence-electron chi connectivity index (χ2n) is 6.76. The first-order valence-electron chi connectivity index (χ1n) is 7.63. The molecule has 0 saturated carbocycles. The molecule has 1 aliphatic rings. The largest absolute Gasteiger partial charge is 0.347 e. The average molecular weight is 289 g/mol. The quantitative estimate of drug-likeness (QED) is 0.920. The molecule has 1 aliphatic heterocycles. The standard InChI is InChI=1S/C17H27N3O/c1-17(8-10-20(4)11-9-17)18-16(21)15-7-5-6-14(12-15)13-19(2)3/h5-7,12H,8-11,13H2,1-4H3,(H,18,21). The molecule has 1 aromatic carbocycles. The van der Waals surface area contributed by atoms with Crippen LogP contribution in [0.1, 0.15) is 35.7 Å². The van der Waals surface area contributed by atoms with Crippen LogP contribution in [0.15, 0.2) is 24.3 Å². The number of benzene rings is 1. The number of amides is 1. The molecule has 1 heterocycles. The van der Waals surface area contributed by atoms with E-state index < -0.39 is 0 Å². The van der Waals surface area contributed by atoms with Crippen molar-refractivity contribution in [3.05, 3.63) is 35.4 Å². The fraction of sp³-hybridized carbons (Fsp3) is 0.588. The average Bonchev–Trinajstić information content (AvgIpc) is 2.42. The van der Waals surface area contributed by atoms with Crippen molar-refractivity contribution in [1.82, 2.24) is 15.1 Å². The van der Waals surface area contributed by atoms with E-state index in [9.17, 15) is 4.79 Å². The van der Waals surface area contributed by atoms with E-state index in [0.29, 0.717) is 0 Å². The number of hydrogen-bond acceptors (Lipinski definition) is 3. The smallest absolute Gasteiger partial charge is 0.251 e. The fourth-order valence-corrected chi connectivity index (χ4v) is 2.76. The highest BCUT2D eigenvalue weighted by Gasteiger charge is 2.30. The Balaban J connectivity index is 2.03. The molecule has 0 atom stereocenters. The highest BCUT2D eigenvalue weighted by Crippen LogP contribution is 2.21. The predicted molar refractivity (Wildman–Crippen MR) is 86.4 cm³/mol. The second kappa shape index (κ2) is 6.58. The molecule has 0 bridgehead atoms. The Hall–Kier alpha value is -1.39. The summed E-state index contributed by atoms with van der Waals surface area (Å²) in [5.74, 6) is 0.0441. The topological polar surface area (TPSA) is 35.6 Å². The molecule has 21 heavy (non-hydrogen) atoms. The molecule has 0 spiro atoms. The van der Waals surface area contributed by atoms with Gasteiger partial charge in [-0.25, -0.2) is 0 Å². The van der Waals surface area contributed by atoms with Gasteiger partial charge >= 0.3 is 0 Å². The third kappa shape index (κ3) is 4.55. The van der Waals surface area contributed by atoms with Gasteiger partial charge in [-0.1, -0.05) is 12.1 Å². The molecule has 0 unspecified atom stereocenters. The van der Waals surface area contributed by atoms with Gasteiger partial charge < -0.3 is 15.1 Å². The van der Waals surface area contributed by atoms with Gasteiger partial charge in [-0.2, -0.15) is 0 Å². The molecular weight excluding hydrogens is 262 g/mol. The summed E-state index contributed by atoms with van der Waals surface area (Å²) in [6, 6.07) is 7.92. The number of piperidine rings is 1. The van der Waals surface area contributed by atoms with Gasteiger partial charge in [-0.05, 0) is 58.6 Å². The minimum atomic E-state index is -0.0822. The molecule has 1 amide bonds. The van der Waals surface area contributed by atoms with E-state index in [0.717, 1.165) is 38.0 Å². The van der Waals surface area contributed by atoms with Crippen molar-refractivity contribution in [3.8, 4) is 0 Å². The summed E-state index contributed by atoms with van der Waals surface area (Å²) < 4.78 is 0. The zero-order valence-corrected chi connectivity index (χ0v) is 13.6. The van der Waals surface area contributed by atoms with Crippen molar-refractivity contribution >= 4 is 5.91 Å². The van der Waals surface area contributed by atoms with Crippen LogP contribution in [0, 0.1) is 0 Å². The monoisotopic (exact) mass is 289 g/mol. The van der Waals surface area contributed by atoms with Crippen molar-refractivity contribution in [1.29, 1.82) is 0 Å². The third-order valence-electron chi connectivity index (χ3n) is 4.19. The van der Waals surface area contributed by atoms with Crippen LogP contribution in [0.2, 0.25) is 0 Å². The van der Waals surface area contributed by atoms with Gasteiger partial charge in [0, 0.05) is 30.7 Å². The Bertz CT molecular complexity index is 491. The summed E-state index contributed by atoms with van der Waals surface area (Å²) in [7, 11) is 6.20. The number of likely N-dealkylation sites (tertiary alicyclic amines) is 1. The molecule has 1 fully saturated rings. The summed E-state index contributed by atoms with van der Waals surface area (Å²) in [6.07, 6.45) is 2.01. The maximum absolute atomic E-state index is 12.5. The number of hydrogen-bond donors (Lipinski definition) is 1. The Kier molecular flexibility index (Phi) is 5.01. The Morgan fingerprint density at radius 2 is 2.00 bits per heavy atom. The van der Waals surface area contributed by atoms with Gasteiger partial charge in [0.1, 0.15) is 0 Å². The molecule has 1 aromatic rings. The van der Waals surface area contributed by atoms with Crippen molar-refractivity contribution in [3.63, 3.8) is 0 Å². The molecule has 0 aliphatic carbocycles. The van der Waals surface area contributed by atoms with Gasteiger partial charge in [0.05, 0.1) is 0 Å². The van der Waals surface area contributed by atoms with Crippen LogP contribution in [0.5, 0.6) is 0 Å². The number of nitrogens with zero attached hydrogens (tertiary/aromatic N) is 2.